The molecule has 1 aromatic rings. The molecule has 0 aromatic carbocycles. The molecule has 0 aliphatic rings. The van der Waals surface area contributed by atoms with Crippen LogP contribution in [0.15, 0.2) is 0 Å². The van der Waals surface area contributed by atoms with E-state index in [-0.39, 0.29) is 11.9 Å². The van der Waals surface area contributed by atoms with Crippen LogP contribution >= 0.6 is 11.3 Å². The Hall–Kier alpha value is -0.940. The molecule has 1 rings (SSSR count). The summed E-state index contributed by atoms with van der Waals surface area (Å²) in [7, 11) is 3.01. The highest BCUT2D eigenvalue weighted by Gasteiger charge is 2.18. The Kier molecular flexibility index (Phi) is 4.23. The van der Waals surface area contributed by atoms with Crippen LogP contribution in [-0.2, 0) is 9.47 Å². The first-order valence-corrected chi connectivity index (χ1v) is 5.46. The summed E-state index contributed by atoms with van der Waals surface area (Å²) in [5, 5.41) is 0.912. The molecule has 0 saturated carbocycles. The van der Waals surface area contributed by atoms with Crippen LogP contribution in [0.5, 0.6) is 0 Å². The smallest absolute Gasteiger partial charge is 0.357 e. The van der Waals surface area contributed by atoms with Gasteiger partial charge in [0, 0.05) is 17.9 Å². The van der Waals surface area contributed by atoms with Gasteiger partial charge in [-0.25, -0.2) is 9.78 Å². The minimum Gasteiger partial charge on any atom is -0.464 e. The van der Waals surface area contributed by atoms with Gasteiger partial charge < -0.3 is 9.47 Å². The zero-order valence-electron chi connectivity index (χ0n) is 9.36. The Morgan fingerprint density at radius 1 is 1.53 bits per heavy atom. The van der Waals surface area contributed by atoms with Crippen LogP contribution in [0.1, 0.15) is 33.2 Å². The lowest BCUT2D eigenvalue weighted by molar-refractivity contribution is 0.0593. The van der Waals surface area contributed by atoms with Gasteiger partial charge in [-0.05, 0) is 6.92 Å². The second kappa shape index (κ2) is 5.23. The summed E-state index contributed by atoms with van der Waals surface area (Å²) in [6, 6.07) is 0. The second-order valence-electron chi connectivity index (χ2n) is 3.30. The number of nitrogens with zero attached hydrogens (tertiary/aromatic N) is 1. The minimum atomic E-state index is -0.375. The van der Waals surface area contributed by atoms with Crippen LogP contribution < -0.4 is 0 Å². The van der Waals surface area contributed by atoms with Crippen LogP contribution in [0.25, 0.3) is 0 Å². The number of ether oxygens (including phenoxy) is 2. The van der Waals surface area contributed by atoms with E-state index in [4.69, 9.17) is 4.74 Å². The van der Waals surface area contributed by atoms with Crippen molar-refractivity contribution >= 4 is 17.3 Å². The van der Waals surface area contributed by atoms with Crippen molar-refractivity contribution in [2.45, 2.75) is 19.8 Å². The standard InChI is InChI=1S/C10H15NO3S/c1-6(5-13-3)9-11-8(7(2)15-9)10(12)14-4/h6H,5H2,1-4H3. The van der Waals surface area contributed by atoms with Crippen molar-refractivity contribution in [3.63, 3.8) is 0 Å². The molecule has 0 fully saturated rings. The molecule has 0 aliphatic carbocycles. The summed E-state index contributed by atoms with van der Waals surface area (Å²) < 4.78 is 9.69. The van der Waals surface area contributed by atoms with Crippen LogP contribution in [0, 0.1) is 6.92 Å². The SMILES string of the molecule is COCC(C)c1nc(C(=O)OC)c(C)s1. The van der Waals surface area contributed by atoms with Gasteiger partial charge in [0.15, 0.2) is 5.69 Å². The molecule has 0 bridgehead atoms. The Morgan fingerprint density at radius 3 is 2.73 bits per heavy atom. The molecule has 1 atom stereocenters. The normalized spacial score (nSPS) is 12.5. The molecular weight excluding hydrogens is 214 g/mol. The summed E-state index contributed by atoms with van der Waals surface area (Å²) in [5.41, 5.74) is 0.417. The quantitative estimate of drug-likeness (QED) is 0.741. The highest BCUT2D eigenvalue weighted by molar-refractivity contribution is 7.12. The maximum Gasteiger partial charge on any atom is 0.357 e. The van der Waals surface area contributed by atoms with Gasteiger partial charge in [-0.15, -0.1) is 11.3 Å². The molecule has 1 unspecified atom stereocenters. The molecular formula is C10H15NO3S. The molecule has 1 heterocycles. The molecule has 0 aliphatic heterocycles. The van der Waals surface area contributed by atoms with E-state index in [0.717, 1.165) is 9.88 Å². The summed E-state index contributed by atoms with van der Waals surface area (Å²) in [6.07, 6.45) is 0. The predicted molar refractivity (Wildman–Crippen MR) is 58.5 cm³/mol. The van der Waals surface area contributed by atoms with Gasteiger partial charge in [0.2, 0.25) is 0 Å². The molecule has 0 spiro atoms. The van der Waals surface area contributed by atoms with Crippen molar-refractivity contribution in [1.29, 1.82) is 0 Å². The molecule has 5 heteroatoms. The average Bonchev–Trinajstić information content (AvgIpc) is 2.60. The maximum atomic E-state index is 11.3. The van der Waals surface area contributed by atoms with Gasteiger partial charge in [0.05, 0.1) is 18.7 Å². The van der Waals surface area contributed by atoms with Crippen LogP contribution in [-0.4, -0.2) is 31.8 Å². The second-order valence-corrected chi connectivity index (χ2v) is 4.54. The number of thiazole rings is 1. The van der Waals surface area contributed by atoms with Gasteiger partial charge in [0.25, 0.3) is 0 Å². The molecule has 0 saturated heterocycles. The Bertz CT molecular complexity index is 348. The van der Waals surface area contributed by atoms with E-state index in [2.05, 4.69) is 9.72 Å². The third-order valence-corrected chi connectivity index (χ3v) is 3.23. The van der Waals surface area contributed by atoms with E-state index < -0.39 is 0 Å². The van der Waals surface area contributed by atoms with Crippen molar-refractivity contribution < 1.29 is 14.3 Å². The first kappa shape index (κ1) is 12.1. The predicted octanol–water partition coefficient (Wildman–Crippen LogP) is 1.99. The molecule has 4 nitrogen and oxygen atoms in total. The van der Waals surface area contributed by atoms with Crippen LogP contribution in [0.2, 0.25) is 0 Å². The van der Waals surface area contributed by atoms with Gasteiger partial charge in [-0.3, -0.25) is 0 Å². The highest BCUT2D eigenvalue weighted by atomic mass is 32.1. The Morgan fingerprint density at radius 2 is 2.20 bits per heavy atom. The van der Waals surface area contributed by atoms with Crippen molar-refractivity contribution in [1.82, 2.24) is 4.98 Å². The molecule has 84 valence electrons. The third-order valence-electron chi connectivity index (χ3n) is 2.03. The van der Waals surface area contributed by atoms with Crippen molar-refractivity contribution in [2.24, 2.45) is 0 Å². The van der Waals surface area contributed by atoms with Gasteiger partial charge >= 0.3 is 5.97 Å². The zero-order valence-corrected chi connectivity index (χ0v) is 10.2. The van der Waals surface area contributed by atoms with E-state index in [1.165, 1.54) is 18.4 Å². The molecule has 1 aromatic heterocycles. The number of carbonyl (C=O) groups excluding carboxylic acids is 1. The van der Waals surface area contributed by atoms with Gasteiger partial charge in [-0.2, -0.15) is 0 Å². The van der Waals surface area contributed by atoms with E-state index in [1.54, 1.807) is 7.11 Å². The third kappa shape index (κ3) is 2.76. The Labute approximate surface area is 93.2 Å². The fraction of sp³-hybridized carbons (Fsp3) is 0.600. The summed E-state index contributed by atoms with van der Waals surface area (Å²) in [6.45, 7) is 4.49. The number of hydrogen-bond acceptors (Lipinski definition) is 5. The number of aromatic nitrogens is 1. The monoisotopic (exact) mass is 229 g/mol. The number of methoxy groups -OCH3 is 2. The minimum absolute atomic E-state index is 0.206. The van der Waals surface area contributed by atoms with Gasteiger partial charge in [-0.1, -0.05) is 6.92 Å². The van der Waals surface area contributed by atoms with Crippen molar-refractivity contribution in [3.05, 3.63) is 15.6 Å². The number of aryl methyl sites for hydroxylation is 1. The number of carbonyl (C=O) groups is 1. The first-order chi connectivity index (χ1) is 7.10. The molecule has 0 amide bonds. The topological polar surface area (TPSA) is 48.4 Å². The molecule has 0 N–H and O–H groups in total. The average molecular weight is 229 g/mol. The summed E-state index contributed by atoms with van der Waals surface area (Å²) in [4.78, 5) is 16.5. The summed E-state index contributed by atoms with van der Waals surface area (Å²) in [5.74, 6) is -0.170. The first-order valence-electron chi connectivity index (χ1n) is 4.64. The number of hydrogen-bond donors (Lipinski definition) is 0. The van der Waals surface area contributed by atoms with E-state index >= 15 is 0 Å². The number of esters is 1. The lowest BCUT2D eigenvalue weighted by atomic mass is 10.2. The lowest BCUT2D eigenvalue weighted by Gasteiger charge is -2.04. The van der Waals surface area contributed by atoms with Crippen molar-refractivity contribution in [3.8, 4) is 0 Å². The summed E-state index contributed by atoms with van der Waals surface area (Å²) >= 11 is 1.51. The Balaban J connectivity index is 2.90. The molecule has 0 radical (unpaired) electrons. The lowest BCUT2D eigenvalue weighted by Crippen LogP contribution is -2.05. The van der Waals surface area contributed by atoms with Crippen LogP contribution in [0.4, 0.5) is 0 Å². The van der Waals surface area contributed by atoms with E-state index in [9.17, 15) is 4.79 Å². The zero-order chi connectivity index (χ0) is 11.4. The molecule has 15 heavy (non-hydrogen) atoms. The fourth-order valence-corrected chi connectivity index (χ4v) is 2.18. The maximum absolute atomic E-state index is 11.3. The van der Waals surface area contributed by atoms with Gasteiger partial charge in [0.1, 0.15) is 0 Å². The number of rotatable bonds is 4. The van der Waals surface area contributed by atoms with E-state index in [0.29, 0.717) is 12.3 Å². The van der Waals surface area contributed by atoms with Crippen molar-refractivity contribution in [2.75, 3.05) is 20.8 Å². The van der Waals surface area contributed by atoms with Crippen LogP contribution in [0.3, 0.4) is 0 Å². The fourth-order valence-electron chi connectivity index (χ4n) is 1.24. The largest absolute Gasteiger partial charge is 0.464 e. The van der Waals surface area contributed by atoms with E-state index in [1.807, 2.05) is 13.8 Å². The highest BCUT2D eigenvalue weighted by Crippen LogP contribution is 2.25.